The summed E-state index contributed by atoms with van der Waals surface area (Å²) in [6, 6.07) is 6.14. The van der Waals surface area contributed by atoms with Crippen molar-refractivity contribution in [2.45, 2.75) is 45.6 Å². The van der Waals surface area contributed by atoms with Crippen molar-refractivity contribution >= 4 is 5.97 Å². The van der Waals surface area contributed by atoms with Gasteiger partial charge in [0.2, 0.25) is 0 Å². The third-order valence-corrected chi connectivity index (χ3v) is 4.33. The number of aliphatic carboxylic acids is 1. The van der Waals surface area contributed by atoms with E-state index in [2.05, 4.69) is 6.07 Å². The van der Waals surface area contributed by atoms with Gasteiger partial charge in [-0.25, -0.2) is 0 Å². The number of nitrogens with zero attached hydrogens (tertiary/aromatic N) is 1. The van der Waals surface area contributed by atoms with E-state index in [-0.39, 0.29) is 0 Å². The second-order valence-corrected chi connectivity index (χ2v) is 6.20. The molecular weight excluding hydrogens is 266 g/mol. The number of carbonyl (C=O) groups is 1. The Kier molecular flexibility index (Phi) is 4.88. The van der Waals surface area contributed by atoms with E-state index in [0.717, 1.165) is 25.1 Å². The van der Waals surface area contributed by atoms with Crippen molar-refractivity contribution in [1.29, 1.82) is 0 Å². The molecule has 1 aromatic rings. The first kappa shape index (κ1) is 15.8. The number of benzene rings is 1. The Morgan fingerprint density at radius 2 is 1.95 bits per heavy atom. The summed E-state index contributed by atoms with van der Waals surface area (Å²) in [5.74, 6) is 0.134. The lowest BCUT2D eigenvalue weighted by atomic mass is 9.88. The number of aryl methyl sites for hydroxylation is 2. The summed E-state index contributed by atoms with van der Waals surface area (Å²) in [5.41, 5.74) is 1.61. The molecule has 4 heteroatoms. The van der Waals surface area contributed by atoms with Crippen LogP contribution in [0.4, 0.5) is 0 Å². The topological polar surface area (TPSA) is 49.8 Å². The molecule has 1 heterocycles. The Bertz CT molecular complexity index is 495. The number of piperidine rings is 1. The summed E-state index contributed by atoms with van der Waals surface area (Å²) < 4.78 is 5.81. The summed E-state index contributed by atoms with van der Waals surface area (Å²) in [5, 5.41) is 9.47. The van der Waals surface area contributed by atoms with Crippen molar-refractivity contribution in [3.63, 3.8) is 0 Å². The fraction of sp³-hybridized carbons (Fsp3) is 0.588. The van der Waals surface area contributed by atoms with E-state index in [1.807, 2.05) is 37.8 Å². The molecule has 0 aromatic heterocycles. The summed E-state index contributed by atoms with van der Waals surface area (Å²) in [6.45, 7) is 7.92. The van der Waals surface area contributed by atoms with Gasteiger partial charge in [0.15, 0.2) is 0 Å². The maximum atomic E-state index is 11.5. The SMILES string of the molecule is Cc1cc(C)cc(OCCN2CCCCC2(C)C(=O)O)c1. The average molecular weight is 291 g/mol. The minimum absolute atomic E-state index is 0.520. The van der Waals surface area contributed by atoms with Crippen molar-refractivity contribution in [1.82, 2.24) is 4.90 Å². The largest absolute Gasteiger partial charge is 0.492 e. The minimum atomic E-state index is -0.746. The average Bonchev–Trinajstić information content (AvgIpc) is 2.39. The molecule has 1 unspecified atom stereocenters. The molecule has 0 amide bonds. The number of hydrogen-bond acceptors (Lipinski definition) is 3. The van der Waals surface area contributed by atoms with Crippen LogP contribution in [0.25, 0.3) is 0 Å². The monoisotopic (exact) mass is 291 g/mol. The molecule has 1 N–H and O–H groups in total. The van der Waals surface area contributed by atoms with Gasteiger partial charge in [-0.05, 0) is 69.8 Å². The van der Waals surface area contributed by atoms with Crippen molar-refractivity contribution < 1.29 is 14.6 Å². The van der Waals surface area contributed by atoms with Crippen molar-refractivity contribution in [2.75, 3.05) is 19.7 Å². The number of rotatable bonds is 5. The first-order valence-corrected chi connectivity index (χ1v) is 7.61. The lowest BCUT2D eigenvalue weighted by Gasteiger charge is -2.41. The molecule has 2 rings (SSSR count). The van der Waals surface area contributed by atoms with Gasteiger partial charge in [-0.1, -0.05) is 6.07 Å². The van der Waals surface area contributed by atoms with E-state index >= 15 is 0 Å². The van der Waals surface area contributed by atoms with Crippen LogP contribution in [0.5, 0.6) is 5.75 Å². The Balaban J connectivity index is 1.94. The van der Waals surface area contributed by atoms with Crippen LogP contribution in [0.3, 0.4) is 0 Å². The number of likely N-dealkylation sites (tertiary alicyclic amines) is 1. The quantitative estimate of drug-likeness (QED) is 0.906. The van der Waals surface area contributed by atoms with Crippen LogP contribution in [0, 0.1) is 13.8 Å². The van der Waals surface area contributed by atoms with Crippen LogP contribution in [0.1, 0.15) is 37.3 Å². The summed E-state index contributed by atoms with van der Waals surface area (Å²) >= 11 is 0. The van der Waals surface area contributed by atoms with E-state index in [1.165, 1.54) is 11.1 Å². The molecule has 0 saturated carbocycles. The number of carboxylic acid groups (broad SMARTS) is 1. The highest BCUT2D eigenvalue weighted by molar-refractivity contribution is 5.78. The molecular formula is C17H25NO3. The van der Waals surface area contributed by atoms with Gasteiger partial charge in [0.1, 0.15) is 17.9 Å². The predicted molar refractivity (Wildman–Crippen MR) is 82.9 cm³/mol. The predicted octanol–water partition coefficient (Wildman–Crippen LogP) is 3.01. The Hall–Kier alpha value is -1.55. The van der Waals surface area contributed by atoms with Gasteiger partial charge >= 0.3 is 5.97 Å². The third-order valence-electron chi connectivity index (χ3n) is 4.33. The molecule has 0 aliphatic carbocycles. The summed E-state index contributed by atoms with van der Waals surface area (Å²) in [7, 11) is 0. The molecule has 1 saturated heterocycles. The van der Waals surface area contributed by atoms with Crippen molar-refractivity contribution in [3.05, 3.63) is 29.3 Å². The third kappa shape index (κ3) is 3.76. The molecule has 0 spiro atoms. The van der Waals surface area contributed by atoms with Crippen LogP contribution >= 0.6 is 0 Å². The highest BCUT2D eigenvalue weighted by Gasteiger charge is 2.40. The van der Waals surface area contributed by atoms with Crippen LogP contribution in [-0.2, 0) is 4.79 Å². The molecule has 1 aliphatic rings. The smallest absolute Gasteiger partial charge is 0.323 e. The van der Waals surface area contributed by atoms with E-state index in [0.29, 0.717) is 19.6 Å². The molecule has 4 nitrogen and oxygen atoms in total. The van der Waals surface area contributed by atoms with Gasteiger partial charge in [0.25, 0.3) is 0 Å². The zero-order chi connectivity index (χ0) is 15.5. The normalized spacial score (nSPS) is 23.0. The van der Waals surface area contributed by atoms with Crippen LogP contribution in [0.2, 0.25) is 0 Å². The van der Waals surface area contributed by atoms with E-state index < -0.39 is 11.5 Å². The van der Waals surface area contributed by atoms with Crippen LogP contribution in [-0.4, -0.2) is 41.2 Å². The Morgan fingerprint density at radius 1 is 1.29 bits per heavy atom. The lowest BCUT2D eigenvalue weighted by molar-refractivity contribution is -0.153. The molecule has 116 valence electrons. The maximum Gasteiger partial charge on any atom is 0.323 e. The zero-order valence-corrected chi connectivity index (χ0v) is 13.2. The molecule has 1 aromatic carbocycles. The van der Waals surface area contributed by atoms with Gasteiger partial charge < -0.3 is 9.84 Å². The lowest BCUT2D eigenvalue weighted by Crippen LogP contribution is -2.56. The number of ether oxygens (including phenoxy) is 1. The molecule has 0 radical (unpaired) electrons. The van der Waals surface area contributed by atoms with E-state index in [4.69, 9.17) is 4.74 Å². The van der Waals surface area contributed by atoms with Crippen LogP contribution < -0.4 is 4.74 Å². The molecule has 1 aliphatic heterocycles. The number of hydrogen-bond donors (Lipinski definition) is 1. The van der Waals surface area contributed by atoms with Crippen molar-refractivity contribution in [2.24, 2.45) is 0 Å². The Labute approximate surface area is 126 Å². The summed E-state index contributed by atoms with van der Waals surface area (Å²) in [4.78, 5) is 13.6. The van der Waals surface area contributed by atoms with Gasteiger partial charge in [0.05, 0.1) is 0 Å². The van der Waals surface area contributed by atoms with Gasteiger partial charge in [-0.2, -0.15) is 0 Å². The molecule has 1 atom stereocenters. The first-order chi connectivity index (χ1) is 9.91. The maximum absolute atomic E-state index is 11.5. The molecule has 0 bridgehead atoms. The van der Waals surface area contributed by atoms with E-state index in [9.17, 15) is 9.90 Å². The fourth-order valence-electron chi connectivity index (χ4n) is 3.07. The standard InChI is InChI=1S/C17H25NO3/c1-13-10-14(2)12-15(11-13)21-9-8-18-7-5-4-6-17(18,3)16(19)20/h10-12H,4-9H2,1-3H3,(H,19,20). The highest BCUT2D eigenvalue weighted by atomic mass is 16.5. The summed E-state index contributed by atoms with van der Waals surface area (Å²) in [6.07, 6.45) is 2.76. The molecule has 21 heavy (non-hydrogen) atoms. The van der Waals surface area contributed by atoms with Gasteiger partial charge in [-0.15, -0.1) is 0 Å². The van der Waals surface area contributed by atoms with Crippen molar-refractivity contribution in [3.8, 4) is 5.75 Å². The minimum Gasteiger partial charge on any atom is -0.492 e. The second-order valence-electron chi connectivity index (χ2n) is 6.20. The first-order valence-electron chi connectivity index (χ1n) is 7.61. The van der Waals surface area contributed by atoms with Gasteiger partial charge in [-0.3, -0.25) is 9.69 Å². The second kappa shape index (κ2) is 6.48. The highest BCUT2D eigenvalue weighted by Crippen LogP contribution is 2.28. The Morgan fingerprint density at radius 3 is 2.57 bits per heavy atom. The number of carboxylic acids is 1. The van der Waals surface area contributed by atoms with E-state index in [1.54, 1.807) is 0 Å². The van der Waals surface area contributed by atoms with Crippen LogP contribution in [0.15, 0.2) is 18.2 Å². The fourth-order valence-corrected chi connectivity index (χ4v) is 3.07. The molecule has 1 fully saturated rings. The zero-order valence-electron chi connectivity index (χ0n) is 13.2. The van der Waals surface area contributed by atoms with Gasteiger partial charge in [0, 0.05) is 6.54 Å².